The highest BCUT2D eigenvalue weighted by Gasteiger charge is 2.19. The van der Waals surface area contributed by atoms with Gasteiger partial charge >= 0.3 is 0 Å². The quantitative estimate of drug-likeness (QED) is 0.595. The first-order valence-corrected chi connectivity index (χ1v) is 9.37. The third kappa shape index (κ3) is 5.39. The van der Waals surface area contributed by atoms with Crippen molar-refractivity contribution in [2.45, 2.75) is 18.9 Å². The van der Waals surface area contributed by atoms with E-state index in [0.29, 0.717) is 24.7 Å². The number of methoxy groups -OCH3 is 1. The second-order valence-corrected chi connectivity index (χ2v) is 6.77. The predicted octanol–water partition coefficient (Wildman–Crippen LogP) is 2.49. The number of likely N-dealkylation sites (N-methyl/N-ethyl adjacent to an activating group) is 1. The topological polar surface area (TPSA) is 93.4 Å². The van der Waals surface area contributed by atoms with Gasteiger partial charge in [0.25, 0.3) is 0 Å². The smallest absolute Gasteiger partial charge is 0.227 e. The van der Waals surface area contributed by atoms with Crippen LogP contribution in [-0.2, 0) is 11.2 Å². The van der Waals surface area contributed by atoms with Crippen molar-refractivity contribution in [3.63, 3.8) is 0 Å². The zero-order chi connectivity index (χ0) is 20.6. The molecular weight excluding hydrogens is 370 g/mol. The molecule has 2 aromatic heterocycles. The number of amides is 1. The van der Waals surface area contributed by atoms with E-state index in [9.17, 15) is 4.79 Å². The maximum atomic E-state index is 12.3. The van der Waals surface area contributed by atoms with Gasteiger partial charge in [-0.1, -0.05) is 23.4 Å². The van der Waals surface area contributed by atoms with Crippen LogP contribution in [0.1, 0.15) is 23.9 Å². The maximum absolute atomic E-state index is 12.3. The number of hydrogen-bond donors (Lipinski definition) is 1. The van der Waals surface area contributed by atoms with E-state index in [0.717, 1.165) is 16.9 Å². The fourth-order valence-electron chi connectivity index (χ4n) is 3.01. The summed E-state index contributed by atoms with van der Waals surface area (Å²) in [6, 6.07) is 11.4. The number of para-hydroxylation sites is 1. The average Bonchev–Trinajstić information content (AvgIpc) is 3.22. The van der Waals surface area contributed by atoms with E-state index in [1.807, 2.05) is 38.4 Å². The van der Waals surface area contributed by atoms with Gasteiger partial charge in [-0.3, -0.25) is 9.78 Å². The highest BCUT2D eigenvalue weighted by atomic mass is 16.5. The van der Waals surface area contributed by atoms with Gasteiger partial charge in [0.1, 0.15) is 5.75 Å². The fourth-order valence-corrected chi connectivity index (χ4v) is 3.01. The van der Waals surface area contributed by atoms with E-state index in [1.165, 1.54) is 0 Å². The van der Waals surface area contributed by atoms with Crippen molar-refractivity contribution >= 4 is 5.91 Å². The summed E-state index contributed by atoms with van der Waals surface area (Å²) in [5.74, 6) is 1.65. The first-order valence-electron chi connectivity index (χ1n) is 9.37. The maximum Gasteiger partial charge on any atom is 0.227 e. The van der Waals surface area contributed by atoms with Gasteiger partial charge in [-0.2, -0.15) is 4.98 Å². The van der Waals surface area contributed by atoms with Crippen LogP contribution in [0.2, 0.25) is 0 Å². The van der Waals surface area contributed by atoms with Crippen LogP contribution in [0.4, 0.5) is 0 Å². The second-order valence-electron chi connectivity index (χ2n) is 6.77. The van der Waals surface area contributed by atoms with Crippen molar-refractivity contribution in [3.8, 4) is 17.1 Å². The van der Waals surface area contributed by atoms with Crippen molar-refractivity contribution in [1.82, 2.24) is 25.3 Å². The third-order valence-corrected chi connectivity index (χ3v) is 4.59. The van der Waals surface area contributed by atoms with Crippen LogP contribution < -0.4 is 10.1 Å². The van der Waals surface area contributed by atoms with Crippen LogP contribution in [0.3, 0.4) is 0 Å². The first kappa shape index (κ1) is 20.5. The van der Waals surface area contributed by atoms with E-state index < -0.39 is 0 Å². The Balaban J connectivity index is 1.54. The lowest BCUT2D eigenvalue weighted by molar-refractivity contribution is -0.121. The molecule has 29 heavy (non-hydrogen) atoms. The summed E-state index contributed by atoms with van der Waals surface area (Å²) >= 11 is 0. The number of benzene rings is 1. The van der Waals surface area contributed by atoms with E-state index in [4.69, 9.17) is 9.26 Å². The summed E-state index contributed by atoms with van der Waals surface area (Å²) in [6.07, 6.45) is 3.98. The molecular formula is C21H25N5O3. The normalized spacial score (nSPS) is 12.0. The predicted molar refractivity (Wildman–Crippen MR) is 108 cm³/mol. The highest BCUT2D eigenvalue weighted by molar-refractivity contribution is 5.76. The number of aromatic nitrogens is 3. The molecule has 1 N–H and O–H groups in total. The Bertz CT molecular complexity index is 927. The van der Waals surface area contributed by atoms with E-state index >= 15 is 0 Å². The van der Waals surface area contributed by atoms with Crippen molar-refractivity contribution < 1.29 is 14.1 Å². The highest BCUT2D eigenvalue weighted by Crippen LogP contribution is 2.27. The minimum Gasteiger partial charge on any atom is -0.496 e. The van der Waals surface area contributed by atoms with Gasteiger partial charge in [0, 0.05) is 42.9 Å². The van der Waals surface area contributed by atoms with Crippen molar-refractivity contribution in [1.29, 1.82) is 0 Å². The Hall–Kier alpha value is -3.26. The molecule has 0 spiro atoms. The molecule has 3 aromatic rings. The number of nitrogens with one attached hydrogen (secondary N) is 1. The molecule has 0 saturated heterocycles. The zero-order valence-electron chi connectivity index (χ0n) is 16.8. The van der Waals surface area contributed by atoms with Crippen LogP contribution in [0.5, 0.6) is 5.75 Å². The SMILES string of the molecule is COc1ccccc1C(CNC(=O)CCc1nc(-c2ccncc2)no1)N(C)C. The van der Waals surface area contributed by atoms with Gasteiger partial charge in [0.15, 0.2) is 0 Å². The Kier molecular flexibility index (Phi) is 6.91. The molecule has 8 nitrogen and oxygen atoms in total. The molecule has 0 saturated carbocycles. The lowest BCUT2D eigenvalue weighted by atomic mass is 10.0. The summed E-state index contributed by atoms with van der Waals surface area (Å²) in [4.78, 5) is 22.7. The Morgan fingerprint density at radius 2 is 1.97 bits per heavy atom. The molecule has 152 valence electrons. The van der Waals surface area contributed by atoms with Crippen LogP contribution in [0.25, 0.3) is 11.4 Å². The lowest BCUT2D eigenvalue weighted by Crippen LogP contribution is -2.34. The number of nitrogens with zero attached hydrogens (tertiary/aromatic N) is 4. The molecule has 8 heteroatoms. The molecule has 1 atom stereocenters. The van der Waals surface area contributed by atoms with Gasteiger partial charge < -0.3 is 19.5 Å². The summed E-state index contributed by atoms with van der Waals surface area (Å²) in [7, 11) is 5.60. The van der Waals surface area contributed by atoms with E-state index in [2.05, 4.69) is 25.3 Å². The zero-order valence-corrected chi connectivity index (χ0v) is 16.8. The first-order chi connectivity index (χ1) is 14.1. The number of ether oxygens (including phenoxy) is 1. The molecule has 1 amide bonds. The van der Waals surface area contributed by atoms with Crippen molar-refractivity contribution in [2.75, 3.05) is 27.7 Å². The van der Waals surface area contributed by atoms with Crippen molar-refractivity contribution in [3.05, 3.63) is 60.2 Å². The third-order valence-electron chi connectivity index (χ3n) is 4.59. The lowest BCUT2D eigenvalue weighted by Gasteiger charge is -2.26. The summed E-state index contributed by atoms with van der Waals surface area (Å²) in [5, 5.41) is 6.94. The summed E-state index contributed by atoms with van der Waals surface area (Å²) in [5.41, 5.74) is 1.85. The Morgan fingerprint density at radius 1 is 1.21 bits per heavy atom. The van der Waals surface area contributed by atoms with E-state index in [-0.39, 0.29) is 18.4 Å². The number of rotatable bonds is 9. The molecule has 2 heterocycles. The van der Waals surface area contributed by atoms with Gasteiger partial charge in [-0.15, -0.1) is 0 Å². The Labute approximate surface area is 169 Å². The summed E-state index contributed by atoms with van der Waals surface area (Å²) < 4.78 is 10.7. The fraction of sp³-hybridized carbons (Fsp3) is 0.333. The summed E-state index contributed by atoms with van der Waals surface area (Å²) in [6.45, 7) is 0.471. The number of aryl methyl sites for hydroxylation is 1. The molecule has 0 aliphatic carbocycles. The van der Waals surface area contributed by atoms with Gasteiger partial charge in [-0.25, -0.2) is 0 Å². The number of hydrogen-bond acceptors (Lipinski definition) is 7. The second kappa shape index (κ2) is 9.79. The van der Waals surface area contributed by atoms with Gasteiger partial charge in [0.2, 0.25) is 17.6 Å². The van der Waals surface area contributed by atoms with Crippen LogP contribution in [0, 0.1) is 0 Å². The average molecular weight is 395 g/mol. The molecule has 0 radical (unpaired) electrons. The van der Waals surface area contributed by atoms with Crippen molar-refractivity contribution in [2.24, 2.45) is 0 Å². The number of pyridine rings is 1. The molecule has 0 fully saturated rings. The molecule has 1 aromatic carbocycles. The van der Waals surface area contributed by atoms with Gasteiger partial charge in [-0.05, 0) is 32.3 Å². The standard InChI is InChI=1S/C21H25N5O3/c1-26(2)17(16-6-4-5-7-18(16)28-3)14-23-19(27)8-9-20-24-21(25-29-20)15-10-12-22-13-11-15/h4-7,10-13,17H,8-9,14H2,1-3H3,(H,23,27). The Morgan fingerprint density at radius 3 is 2.69 bits per heavy atom. The van der Waals surface area contributed by atoms with E-state index in [1.54, 1.807) is 31.6 Å². The number of carbonyl (C=O) groups is 1. The monoisotopic (exact) mass is 395 g/mol. The van der Waals surface area contributed by atoms with Crippen LogP contribution >= 0.6 is 0 Å². The molecule has 0 aliphatic heterocycles. The van der Waals surface area contributed by atoms with Crippen LogP contribution in [0.15, 0.2) is 53.3 Å². The molecule has 0 bridgehead atoms. The minimum atomic E-state index is -0.0737. The molecule has 3 rings (SSSR count). The number of carbonyl (C=O) groups excluding carboxylic acids is 1. The van der Waals surface area contributed by atoms with Gasteiger partial charge in [0.05, 0.1) is 13.2 Å². The van der Waals surface area contributed by atoms with Crippen LogP contribution in [-0.4, -0.2) is 53.7 Å². The minimum absolute atomic E-state index is 0.00297. The largest absolute Gasteiger partial charge is 0.496 e. The molecule has 0 aliphatic rings. The molecule has 1 unspecified atom stereocenters.